The van der Waals surface area contributed by atoms with Crippen molar-refractivity contribution in [1.29, 1.82) is 0 Å². The number of nitrogens with zero attached hydrogens (tertiary/aromatic N) is 1. The molecule has 320 valence electrons. The molecular formula is C48H64N2O9. The molecule has 6 aliphatic heterocycles. The summed E-state index contributed by atoms with van der Waals surface area (Å²) < 4.78 is 33.5. The average molecular weight is 813 g/mol. The van der Waals surface area contributed by atoms with E-state index in [9.17, 15) is 14.7 Å². The molecule has 59 heavy (non-hydrogen) atoms. The lowest BCUT2D eigenvalue weighted by Gasteiger charge is -2.70. The number of allylic oxidation sites excluding steroid dienone is 1. The molecule has 10 fully saturated rings. The number of epoxide rings is 1. The SMILES string of the molecule is CC1(C)O[C@H]2C3(CCCC3)C(=O)OC[C@@]23[C@@H]1C(=O)[C@@H](O)[C@]1(C2CCCCC2)[C@@H]3CC[C@@]2(C)[C@H](c3ccoc3CC[C@@H]3CC[C@@H]4[C@H](C=CN5CNC[C@@H]45)C3)OC(=O)[C@H]3O[C@@]312. The van der Waals surface area contributed by atoms with E-state index in [2.05, 4.69) is 29.4 Å². The minimum atomic E-state index is -1.36. The summed E-state index contributed by atoms with van der Waals surface area (Å²) in [5.74, 6) is 0.961. The van der Waals surface area contributed by atoms with Crippen molar-refractivity contribution in [3.8, 4) is 0 Å². The van der Waals surface area contributed by atoms with Crippen molar-refractivity contribution in [2.24, 2.45) is 57.2 Å². The maximum absolute atomic E-state index is 15.6. The van der Waals surface area contributed by atoms with E-state index < -0.39 is 69.2 Å². The van der Waals surface area contributed by atoms with E-state index in [4.69, 9.17) is 23.4 Å². The zero-order valence-corrected chi connectivity index (χ0v) is 35.3. The number of esters is 2. The molecule has 12 rings (SSSR count). The van der Waals surface area contributed by atoms with Gasteiger partial charge in [-0.1, -0.05) is 51.5 Å². The van der Waals surface area contributed by atoms with Crippen molar-refractivity contribution >= 4 is 17.7 Å². The second-order valence-electron chi connectivity index (χ2n) is 22.1. The first-order chi connectivity index (χ1) is 28.4. The van der Waals surface area contributed by atoms with Crippen LogP contribution in [0.2, 0.25) is 0 Å². The molecule has 7 heterocycles. The summed E-state index contributed by atoms with van der Waals surface area (Å²) in [6, 6.07) is 2.61. The molecule has 2 N–H and O–H groups in total. The molecule has 11 heteroatoms. The highest BCUT2D eigenvalue weighted by Crippen LogP contribution is 2.83. The first-order valence-corrected chi connectivity index (χ1v) is 23.6. The van der Waals surface area contributed by atoms with Crippen LogP contribution in [0.1, 0.15) is 135 Å². The van der Waals surface area contributed by atoms with Crippen molar-refractivity contribution in [1.82, 2.24) is 10.2 Å². The smallest absolute Gasteiger partial charge is 0.339 e. The topological polar surface area (TPSA) is 140 Å². The minimum Gasteiger partial charge on any atom is -0.469 e. The summed E-state index contributed by atoms with van der Waals surface area (Å²) in [5.41, 5.74) is -4.68. The third kappa shape index (κ3) is 4.57. The van der Waals surface area contributed by atoms with Gasteiger partial charge in [0, 0.05) is 40.8 Å². The van der Waals surface area contributed by atoms with Crippen LogP contribution in [0.4, 0.5) is 0 Å². The summed E-state index contributed by atoms with van der Waals surface area (Å²) in [6.45, 7) is 8.30. The van der Waals surface area contributed by atoms with E-state index in [1.807, 2.05) is 19.9 Å². The highest BCUT2D eigenvalue weighted by molar-refractivity contribution is 5.92. The highest BCUT2D eigenvalue weighted by Gasteiger charge is 2.93. The number of Topliss-reactive ketones (excluding diaryl/α,β-unsaturated/α-hetero) is 1. The Balaban J connectivity index is 0.930. The fraction of sp³-hybridized carbons (Fsp3) is 0.812. The summed E-state index contributed by atoms with van der Waals surface area (Å²) in [7, 11) is 0. The van der Waals surface area contributed by atoms with E-state index in [0.29, 0.717) is 49.5 Å². The number of furan rings is 1. The first kappa shape index (κ1) is 38.0. The van der Waals surface area contributed by atoms with E-state index in [1.165, 1.54) is 19.3 Å². The van der Waals surface area contributed by atoms with Crippen LogP contribution in [0.3, 0.4) is 0 Å². The molecule has 5 saturated carbocycles. The zero-order chi connectivity index (χ0) is 40.3. The Labute approximate surface area is 348 Å². The number of rotatable bonds is 5. The normalized spacial score (nSPS) is 48.9. The molecule has 1 aromatic rings. The third-order valence-corrected chi connectivity index (χ3v) is 19.6. The van der Waals surface area contributed by atoms with Gasteiger partial charge in [-0.2, -0.15) is 0 Å². The van der Waals surface area contributed by atoms with E-state index >= 15 is 4.79 Å². The largest absolute Gasteiger partial charge is 0.469 e. The number of nitrogens with one attached hydrogen (secondary N) is 1. The molecule has 5 aliphatic carbocycles. The van der Waals surface area contributed by atoms with Crippen LogP contribution in [0.5, 0.6) is 0 Å². The summed E-state index contributed by atoms with van der Waals surface area (Å²) in [5, 5.41) is 16.8. The van der Waals surface area contributed by atoms with Crippen molar-refractivity contribution in [2.45, 2.75) is 165 Å². The maximum Gasteiger partial charge on any atom is 0.339 e. The van der Waals surface area contributed by atoms with Crippen LogP contribution in [0, 0.1) is 57.2 Å². The number of aliphatic hydroxyl groups excluding tert-OH is 1. The Morgan fingerprint density at radius 2 is 1.75 bits per heavy atom. The van der Waals surface area contributed by atoms with Crippen LogP contribution in [-0.4, -0.2) is 83.1 Å². The molecule has 3 spiro atoms. The minimum absolute atomic E-state index is 0.0619. The van der Waals surface area contributed by atoms with Crippen LogP contribution >= 0.6 is 0 Å². The van der Waals surface area contributed by atoms with Gasteiger partial charge in [-0.25, -0.2) is 4.79 Å². The third-order valence-electron chi connectivity index (χ3n) is 19.6. The number of fused-ring (bicyclic) bond motifs is 5. The van der Waals surface area contributed by atoms with Crippen molar-refractivity contribution in [3.05, 3.63) is 35.9 Å². The average Bonchev–Trinajstić information content (AvgIpc) is 3.68. The van der Waals surface area contributed by atoms with Crippen molar-refractivity contribution in [2.75, 3.05) is 19.8 Å². The van der Waals surface area contributed by atoms with Crippen LogP contribution < -0.4 is 5.32 Å². The Kier molecular flexibility index (Phi) is 8.17. The standard InChI is InChI=1S/C48H64N2O9/c1-43(2)36-35(51)37(52)47(29-9-5-4-6-10-29)34(46(36)25-56-42(54)45(41(46)59-43)18-7-8-19-45)15-20-44(3)38(57-40(53)39-48(44,47)58-39)31-17-22-55-33(31)14-12-27-11-13-30-28(23-27)16-21-50-26-49-24-32(30)50/h16-17,21-22,27-30,32,34,36-39,41,49,52H,4-15,18-20,23-26H2,1-3H3/t27-,28+,30+,32-,34+,36+,37+,38-,39+,41-,44-,46+,47-,48+/m0/s1. The Bertz CT molecular complexity index is 1960. The van der Waals surface area contributed by atoms with Crippen LogP contribution in [0.15, 0.2) is 29.0 Å². The summed E-state index contributed by atoms with van der Waals surface area (Å²) in [4.78, 5) is 46.6. The second kappa shape index (κ2) is 12.7. The molecule has 0 aromatic carbocycles. The molecule has 0 radical (unpaired) electrons. The lowest BCUT2D eigenvalue weighted by molar-refractivity contribution is -0.284. The number of ether oxygens (including phenoxy) is 4. The summed E-state index contributed by atoms with van der Waals surface area (Å²) >= 11 is 0. The number of cyclic esters (lactones) is 2. The molecular weight excluding hydrogens is 749 g/mol. The lowest BCUT2D eigenvalue weighted by atomic mass is 9.32. The number of aliphatic hydroxyl groups is 1. The molecule has 0 unspecified atom stereocenters. The second-order valence-corrected chi connectivity index (χ2v) is 22.1. The molecule has 11 aliphatic rings. The van der Waals surface area contributed by atoms with E-state index in [1.54, 1.807) is 6.26 Å². The molecule has 5 saturated heterocycles. The molecule has 11 nitrogen and oxygen atoms in total. The highest BCUT2D eigenvalue weighted by atomic mass is 16.7. The zero-order valence-electron chi connectivity index (χ0n) is 35.3. The van der Waals surface area contributed by atoms with Gasteiger partial charge >= 0.3 is 11.9 Å². The van der Waals surface area contributed by atoms with Crippen molar-refractivity contribution in [3.63, 3.8) is 0 Å². The molecule has 14 atom stereocenters. The van der Waals surface area contributed by atoms with Crippen LogP contribution in [0.25, 0.3) is 0 Å². The molecule has 1 aromatic heterocycles. The first-order valence-electron chi connectivity index (χ1n) is 23.6. The summed E-state index contributed by atoms with van der Waals surface area (Å²) in [6.07, 6.45) is 17.8. The van der Waals surface area contributed by atoms with Crippen LogP contribution in [-0.2, 0) is 39.8 Å². The number of carbonyl (C=O) groups is 3. The van der Waals surface area contributed by atoms with Gasteiger partial charge in [-0.05, 0) is 113 Å². The molecule has 0 bridgehead atoms. The van der Waals surface area contributed by atoms with Crippen molar-refractivity contribution < 1.29 is 42.9 Å². The van der Waals surface area contributed by atoms with E-state index in [0.717, 1.165) is 82.3 Å². The van der Waals surface area contributed by atoms with Gasteiger partial charge in [0.15, 0.2) is 11.9 Å². The quantitative estimate of drug-likeness (QED) is 0.247. The van der Waals surface area contributed by atoms with E-state index in [-0.39, 0.29) is 30.2 Å². The predicted molar refractivity (Wildman–Crippen MR) is 213 cm³/mol. The number of ketones is 1. The monoisotopic (exact) mass is 812 g/mol. The fourth-order valence-corrected chi connectivity index (χ4v) is 17.5. The fourth-order valence-electron chi connectivity index (χ4n) is 17.5. The van der Waals surface area contributed by atoms with Gasteiger partial charge in [0.2, 0.25) is 0 Å². The number of hydrogen-bond donors (Lipinski definition) is 2. The predicted octanol–water partition coefficient (Wildman–Crippen LogP) is 6.56. The van der Waals surface area contributed by atoms with Gasteiger partial charge in [-0.3, -0.25) is 14.9 Å². The maximum atomic E-state index is 15.6. The van der Waals surface area contributed by atoms with Gasteiger partial charge in [0.05, 0.1) is 36.0 Å². The molecule has 0 amide bonds. The van der Waals surface area contributed by atoms with Gasteiger partial charge < -0.3 is 33.4 Å². The Hall–Kier alpha value is -2.73. The number of aryl methyl sites for hydroxylation is 1. The number of carbonyl (C=O) groups excluding carboxylic acids is 3. The lowest BCUT2D eigenvalue weighted by Crippen LogP contribution is -2.79. The van der Waals surface area contributed by atoms with Gasteiger partial charge in [0.25, 0.3) is 0 Å². The Morgan fingerprint density at radius 1 is 0.932 bits per heavy atom. The van der Waals surface area contributed by atoms with Gasteiger partial charge in [0.1, 0.15) is 30.2 Å². The Morgan fingerprint density at radius 3 is 2.56 bits per heavy atom. The van der Waals surface area contributed by atoms with Gasteiger partial charge in [-0.15, -0.1) is 0 Å². The number of hydrogen-bond acceptors (Lipinski definition) is 11.